The van der Waals surface area contributed by atoms with Gasteiger partial charge in [0, 0.05) is 10.7 Å². The van der Waals surface area contributed by atoms with Gasteiger partial charge in [-0.3, -0.25) is 0 Å². The van der Waals surface area contributed by atoms with Crippen LogP contribution in [0.25, 0.3) is 6.08 Å². The van der Waals surface area contributed by atoms with Gasteiger partial charge in [0.1, 0.15) is 0 Å². The molecule has 2 N–H and O–H groups in total. The van der Waals surface area contributed by atoms with Crippen LogP contribution >= 0.6 is 11.6 Å². The molecule has 23 heavy (non-hydrogen) atoms. The predicted octanol–water partition coefficient (Wildman–Crippen LogP) is 3.42. The van der Waals surface area contributed by atoms with E-state index >= 15 is 0 Å². The molecule has 2 amide bonds. The van der Waals surface area contributed by atoms with Crippen LogP contribution in [0.2, 0.25) is 5.02 Å². The zero-order chi connectivity index (χ0) is 16.4. The SMILES string of the molecule is O=C(Nc1ccc(Cl)cc1)NS(=O)(=O)c1ccc2c(c1)C=CC2. The Morgan fingerprint density at radius 1 is 1.09 bits per heavy atom. The molecule has 5 nitrogen and oxygen atoms in total. The number of allylic oxidation sites excluding steroid dienone is 1. The molecule has 2 aromatic carbocycles. The Hall–Kier alpha value is -2.31. The Labute approximate surface area is 139 Å². The Morgan fingerprint density at radius 3 is 2.57 bits per heavy atom. The van der Waals surface area contributed by atoms with Crippen molar-refractivity contribution in [3.05, 3.63) is 64.7 Å². The molecule has 3 rings (SSSR count). The number of urea groups is 1. The first kappa shape index (κ1) is 15.6. The summed E-state index contributed by atoms with van der Waals surface area (Å²) < 4.78 is 26.5. The van der Waals surface area contributed by atoms with Gasteiger partial charge in [0.2, 0.25) is 0 Å². The van der Waals surface area contributed by atoms with E-state index in [2.05, 4.69) is 5.32 Å². The summed E-state index contributed by atoms with van der Waals surface area (Å²) >= 11 is 5.75. The van der Waals surface area contributed by atoms with Crippen LogP contribution in [-0.2, 0) is 16.4 Å². The molecule has 2 aromatic rings. The molecule has 0 fully saturated rings. The zero-order valence-electron chi connectivity index (χ0n) is 11.9. The standard InChI is InChI=1S/C16H13ClN2O3S/c17-13-5-7-14(8-6-13)18-16(20)19-23(21,22)15-9-4-11-2-1-3-12(11)10-15/h1,3-10H,2H2,(H2,18,19,20). The molecule has 0 spiro atoms. The molecule has 1 aliphatic carbocycles. The highest BCUT2D eigenvalue weighted by Gasteiger charge is 2.19. The van der Waals surface area contributed by atoms with Crippen LogP contribution < -0.4 is 10.0 Å². The lowest BCUT2D eigenvalue weighted by atomic mass is 10.1. The first-order valence-electron chi connectivity index (χ1n) is 6.83. The summed E-state index contributed by atoms with van der Waals surface area (Å²) in [6.45, 7) is 0. The molecule has 7 heteroatoms. The van der Waals surface area contributed by atoms with Gasteiger partial charge in [-0.15, -0.1) is 0 Å². The fourth-order valence-corrected chi connectivity index (χ4v) is 3.33. The number of anilines is 1. The van der Waals surface area contributed by atoms with Gasteiger partial charge in [-0.25, -0.2) is 17.9 Å². The quantitative estimate of drug-likeness (QED) is 0.892. The van der Waals surface area contributed by atoms with Crippen molar-refractivity contribution in [2.45, 2.75) is 11.3 Å². The lowest BCUT2D eigenvalue weighted by Crippen LogP contribution is -2.34. The van der Waals surface area contributed by atoms with Crippen molar-refractivity contribution in [1.82, 2.24) is 4.72 Å². The van der Waals surface area contributed by atoms with Crippen molar-refractivity contribution in [1.29, 1.82) is 0 Å². The van der Waals surface area contributed by atoms with Crippen LogP contribution in [0.3, 0.4) is 0 Å². The molecular weight excluding hydrogens is 336 g/mol. The number of carbonyl (C=O) groups is 1. The number of hydrogen-bond acceptors (Lipinski definition) is 3. The zero-order valence-corrected chi connectivity index (χ0v) is 13.5. The number of amides is 2. The fraction of sp³-hybridized carbons (Fsp3) is 0.0625. The van der Waals surface area contributed by atoms with E-state index in [1.165, 1.54) is 6.07 Å². The third kappa shape index (κ3) is 3.55. The third-order valence-electron chi connectivity index (χ3n) is 3.39. The van der Waals surface area contributed by atoms with Gasteiger partial charge in [0.05, 0.1) is 4.90 Å². The second-order valence-corrected chi connectivity index (χ2v) is 7.15. The van der Waals surface area contributed by atoms with Crippen molar-refractivity contribution in [3.63, 3.8) is 0 Å². The average Bonchev–Trinajstić information content (AvgIpc) is 2.96. The number of hydrogen-bond donors (Lipinski definition) is 2. The molecular formula is C16H13ClN2O3S. The van der Waals surface area contributed by atoms with Crippen molar-refractivity contribution < 1.29 is 13.2 Å². The lowest BCUT2D eigenvalue weighted by Gasteiger charge is -2.10. The normalized spacial score (nSPS) is 12.7. The molecule has 0 saturated carbocycles. The molecule has 0 heterocycles. The van der Waals surface area contributed by atoms with Crippen molar-refractivity contribution >= 4 is 39.4 Å². The molecule has 0 aliphatic heterocycles. The van der Waals surface area contributed by atoms with Crippen LogP contribution in [0.1, 0.15) is 11.1 Å². The topological polar surface area (TPSA) is 75.3 Å². The molecule has 0 aromatic heterocycles. The van der Waals surface area contributed by atoms with E-state index < -0.39 is 16.1 Å². The largest absolute Gasteiger partial charge is 0.333 e. The van der Waals surface area contributed by atoms with Crippen LogP contribution in [0, 0.1) is 0 Å². The maximum atomic E-state index is 12.3. The van der Waals surface area contributed by atoms with E-state index in [0.29, 0.717) is 10.7 Å². The highest BCUT2D eigenvalue weighted by molar-refractivity contribution is 7.90. The Kier molecular flexibility index (Phi) is 4.11. The molecule has 0 unspecified atom stereocenters. The first-order chi connectivity index (χ1) is 10.9. The van der Waals surface area contributed by atoms with Crippen LogP contribution in [0.5, 0.6) is 0 Å². The van der Waals surface area contributed by atoms with Crippen LogP contribution in [-0.4, -0.2) is 14.4 Å². The number of sulfonamides is 1. The van der Waals surface area contributed by atoms with Gasteiger partial charge in [-0.2, -0.15) is 0 Å². The Balaban J connectivity index is 1.74. The van der Waals surface area contributed by atoms with Gasteiger partial charge in [0.15, 0.2) is 0 Å². The van der Waals surface area contributed by atoms with E-state index in [1.54, 1.807) is 36.4 Å². The third-order valence-corrected chi connectivity index (χ3v) is 4.97. The summed E-state index contributed by atoms with van der Waals surface area (Å²) in [7, 11) is -3.93. The summed E-state index contributed by atoms with van der Waals surface area (Å²) in [6.07, 6.45) is 4.62. The maximum absolute atomic E-state index is 12.3. The lowest BCUT2D eigenvalue weighted by molar-refractivity contribution is 0.256. The molecule has 0 bridgehead atoms. The van der Waals surface area contributed by atoms with Crippen molar-refractivity contribution in [2.75, 3.05) is 5.32 Å². The molecule has 118 valence electrons. The van der Waals surface area contributed by atoms with Crippen molar-refractivity contribution in [3.8, 4) is 0 Å². The molecule has 0 radical (unpaired) electrons. The summed E-state index contributed by atoms with van der Waals surface area (Å²) in [5.41, 5.74) is 2.36. The van der Waals surface area contributed by atoms with Gasteiger partial charge < -0.3 is 5.32 Å². The van der Waals surface area contributed by atoms with Gasteiger partial charge >= 0.3 is 6.03 Å². The fourth-order valence-electron chi connectivity index (χ4n) is 2.26. The molecule has 0 atom stereocenters. The molecule has 1 aliphatic rings. The van der Waals surface area contributed by atoms with Crippen LogP contribution in [0.4, 0.5) is 10.5 Å². The van der Waals surface area contributed by atoms with Crippen LogP contribution in [0.15, 0.2) is 53.4 Å². The van der Waals surface area contributed by atoms with E-state index in [-0.39, 0.29) is 4.90 Å². The van der Waals surface area contributed by atoms with Gasteiger partial charge in [-0.1, -0.05) is 29.8 Å². The van der Waals surface area contributed by atoms with E-state index in [1.807, 2.05) is 16.9 Å². The minimum Gasteiger partial charge on any atom is -0.307 e. The summed E-state index contributed by atoms with van der Waals surface area (Å²) in [4.78, 5) is 11.9. The number of carbonyl (C=O) groups excluding carboxylic acids is 1. The maximum Gasteiger partial charge on any atom is 0.333 e. The van der Waals surface area contributed by atoms with Gasteiger partial charge in [0.25, 0.3) is 10.0 Å². The smallest absolute Gasteiger partial charge is 0.307 e. The Morgan fingerprint density at radius 2 is 1.83 bits per heavy atom. The van der Waals surface area contributed by atoms with E-state index in [9.17, 15) is 13.2 Å². The van der Waals surface area contributed by atoms with E-state index in [4.69, 9.17) is 11.6 Å². The monoisotopic (exact) mass is 348 g/mol. The number of nitrogens with one attached hydrogen (secondary N) is 2. The summed E-state index contributed by atoms with van der Waals surface area (Å²) in [5.74, 6) is 0. The minimum atomic E-state index is -3.93. The number of halogens is 1. The highest BCUT2D eigenvalue weighted by Crippen LogP contribution is 2.23. The average molecular weight is 349 g/mol. The second kappa shape index (κ2) is 6.06. The van der Waals surface area contributed by atoms with Crippen molar-refractivity contribution in [2.24, 2.45) is 0 Å². The summed E-state index contributed by atoms with van der Waals surface area (Å²) in [5, 5.41) is 2.97. The van der Waals surface area contributed by atoms with Gasteiger partial charge in [-0.05, 0) is 53.9 Å². The molecule has 0 saturated heterocycles. The minimum absolute atomic E-state index is 0.0501. The summed E-state index contributed by atoms with van der Waals surface area (Å²) in [6, 6.07) is 10.3. The number of benzene rings is 2. The first-order valence-corrected chi connectivity index (χ1v) is 8.69. The second-order valence-electron chi connectivity index (χ2n) is 5.03. The highest BCUT2D eigenvalue weighted by atomic mass is 35.5. The number of rotatable bonds is 3. The van der Waals surface area contributed by atoms with E-state index in [0.717, 1.165) is 17.5 Å². The predicted molar refractivity (Wildman–Crippen MR) is 90.0 cm³/mol. The Bertz CT molecular complexity index is 890. The number of fused-ring (bicyclic) bond motifs is 1.